The molecule has 21 heavy (non-hydrogen) atoms. The van der Waals surface area contributed by atoms with E-state index in [-0.39, 0.29) is 11.4 Å². The van der Waals surface area contributed by atoms with E-state index >= 15 is 0 Å². The van der Waals surface area contributed by atoms with Crippen molar-refractivity contribution in [2.24, 2.45) is 5.73 Å². The van der Waals surface area contributed by atoms with E-state index in [1.54, 1.807) is 7.11 Å². The molecule has 0 aliphatic heterocycles. The number of nitrogens with zero attached hydrogens (tertiary/aromatic N) is 1. The van der Waals surface area contributed by atoms with E-state index in [1.165, 1.54) is 0 Å². The molecule has 1 amide bonds. The molecule has 0 aromatic heterocycles. The molecule has 116 valence electrons. The molecule has 1 aromatic rings. The van der Waals surface area contributed by atoms with Gasteiger partial charge in [-0.15, -0.1) is 0 Å². The summed E-state index contributed by atoms with van der Waals surface area (Å²) in [5.41, 5.74) is 6.83. The van der Waals surface area contributed by atoms with E-state index in [1.807, 2.05) is 43.0 Å². The number of carbonyl (C=O) groups excluding carboxylic acids is 1. The maximum absolute atomic E-state index is 12.4. The first-order chi connectivity index (χ1) is 9.89. The molecule has 0 heterocycles. The summed E-state index contributed by atoms with van der Waals surface area (Å²) in [7, 11) is 1.66. The molecular weight excluding hydrogens is 264 g/mol. The van der Waals surface area contributed by atoms with Gasteiger partial charge in [-0.1, -0.05) is 12.1 Å². The lowest BCUT2D eigenvalue weighted by Gasteiger charge is -2.25. The number of hydrogen-bond donors (Lipinski definition) is 1. The minimum Gasteiger partial charge on any atom is -0.497 e. The predicted molar refractivity (Wildman–Crippen MR) is 84.1 cm³/mol. The van der Waals surface area contributed by atoms with Gasteiger partial charge in [0.2, 0.25) is 5.91 Å². The van der Waals surface area contributed by atoms with Crippen molar-refractivity contribution in [3.63, 3.8) is 0 Å². The van der Waals surface area contributed by atoms with Crippen LogP contribution in [0.15, 0.2) is 24.3 Å². The third-order valence-corrected chi connectivity index (χ3v) is 3.80. The van der Waals surface area contributed by atoms with Gasteiger partial charge in [-0.2, -0.15) is 0 Å². The maximum atomic E-state index is 12.4. The molecule has 2 N–H and O–H groups in total. The number of carbonyl (C=O) groups is 1. The normalized spacial score (nSPS) is 14.9. The van der Waals surface area contributed by atoms with Gasteiger partial charge in [0.15, 0.2) is 0 Å². The van der Waals surface area contributed by atoms with E-state index in [4.69, 9.17) is 10.5 Å². The molecule has 2 rings (SSSR count). The SMILES string of the molecule is COc1ccc(CN(C(=O)CCC(C)(C)N)C2CC2)cc1. The molecule has 4 nitrogen and oxygen atoms in total. The van der Waals surface area contributed by atoms with E-state index in [0.29, 0.717) is 19.0 Å². The predicted octanol–water partition coefficient (Wildman–Crippen LogP) is 2.70. The average Bonchev–Trinajstić information content (AvgIpc) is 3.26. The van der Waals surface area contributed by atoms with Crippen LogP contribution in [0.4, 0.5) is 0 Å². The van der Waals surface area contributed by atoms with Crippen molar-refractivity contribution < 1.29 is 9.53 Å². The Labute approximate surface area is 127 Å². The second-order valence-corrected chi connectivity index (χ2v) is 6.59. The first-order valence-corrected chi connectivity index (χ1v) is 7.60. The maximum Gasteiger partial charge on any atom is 0.223 e. The Hall–Kier alpha value is -1.55. The molecule has 1 aliphatic rings. The first kappa shape index (κ1) is 15.8. The number of amides is 1. The summed E-state index contributed by atoms with van der Waals surface area (Å²) in [6.07, 6.45) is 3.48. The largest absolute Gasteiger partial charge is 0.497 e. The van der Waals surface area contributed by atoms with Crippen molar-refractivity contribution >= 4 is 5.91 Å². The summed E-state index contributed by atoms with van der Waals surface area (Å²) in [5.74, 6) is 1.06. The van der Waals surface area contributed by atoms with Gasteiger partial charge in [0.05, 0.1) is 7.11 Å². The number of rotatable bonds is 7. The zero-order valence-corrected chi connectivity index (χ0v) is 13.3. The molecule has 0 atom stereocenters. The van der Waals surface area contributed by atoms with Crippen molar-refractivity contribution in [3.8, 4) is 5.75 Å². The molecule has 0 spiro atoms. The van der Waals surface area contributed by atoms with Gasteiger partial charge in [-0.3, -0.25) is 4.79 Å². The van der Waals surface area contributed by atoms with Crippen LogP contribution in [0.2, 0.25) is 0 Å². The first-order valence-electron chi connectivity index (χ1n) is 7.60. The highest BCUT2D eigenvalue weighted by atomic mass is 16.5. The van der Waals surface area contributed by atoms with Crippen LogP contribution < -0.4 is 10.5 Å². The van der Waals surface area contributed by atoms with E-state index in [2.05, 4.69) is 0 Å². The zero-order chi connectivity index (χ0) is 15.5. The zero-order valence-electron chi connectivity index (χ0n) is 13.3. The van der Waals surface area contributed by atoms with Crippen molar-refractivity contribution in [3.05, 3.63) is 29.8 Å². The van der Waals surface area contributed by atoms with Crippen molar-refractivity contribution in [1.82, 2.24) is 4.90 Å². The van der Waals surface area contributed by atoms with Gasteiger partial charge in [-0.25, -0.2) is 0 Å². The Morgan fingerprint density at radius 2 is 1.95 bits per heavy atom. The highest BCUT2D eigenvalue weighted by molar-refractivity contribution is 5.77. The van der Waals surface area contributed by atoms with Gasteiger partial charge in [0.1, 0.15) is 5.75 Å². The summed E-state index contributed by atoms with van der Waals surface area (Å²) in [5, 5.41) is 0. The van der Waals surface area contributed by atoms with Crippen LogP contribution in [0.5, 0.6) is 5.75 Å². The third kappa shape index (κ3) is 5.05. The van der Waals surface area contributed by atoms with Crippen LogP contribution in [0.1, 0.15) is 45.1 Å². The van der Waals surface area contributed by atoms with Crippen molar-refractivity contribution in [2.75, 3.05) is 7.11 Å². The summed E-state index contributed by atoms with van der Waals surface area (Å²) < 4.78 is 5.16. The minimum atomic E-state index is -0.287. The molecule has 0 saturated heterocycles. The summed E-state index contributed by atoms with van der Waals surface area (Å²) in [4.78, 5) is 14.5. The van der Waals surface area contributed by atoms with Crippen LogP contribution >= 0.6 is 0 Å². The number of hydrogen-bond acceptors (Lipinski definition) is 3. The fraction of sp³-hybridized carbons (Fsp3) is 0.588. The summed E-state index contributed by atoms with van der Waals surface area (Å²) in [6, 6.07) is 8.34. The van der Waals surface area contributed by atoms with Crippen LogP contribution in [-0.2, 0) is 11.3 Å². The Bertz CT molecular complexity index is 473. The quantitative estimate of drug-likeness (QED) is 0.840. The average molecular weight is 290 g/mol. The molecule has 1 aromatic carbocycles. The van der Waals surface area contributed by atoms with Gasteiger partial charge >= 0.3 is 0 Å². The van der Waals surface area contributed by atoms with E-state index in [9.17, 15) is 4.79 Å². The van der Waals surface area contributed by atoms with Gasteiger partial charge < -0.3 is 15.4 Å². The third-order valence-electron chi connectivity index (χ3n) is 3.80. The fourth-order valence-electron chi connectivity index (χ4n) is 2.31. The Kier molecular flexibility index (Phi) is 4.88. The lowest BCUT2D eigenvalue weighted by atomic mass is 9.99. The molecule has 1 fully saturated rings. The van der Waals surface area contributed by atoms with Crippen molar-refractivity contribution in [1.29, 1.82) is 0 Å². The molecule has 1 aliphatic carbocycles. The van der Waals surface area contributed by atoms with E-state index in [0.717, 1.165) is 30.6 Å². The molecule has 0 radical (unpaired) electrons. The van der Waals surface area contributed by atoms with Crippen LogP contribution in [0, 0.1) is 0 Å². The smallest absolute Gasteiger partial charge is 0.223 e. The molecule has 1 saturated carbocycles. The topological polar surface area (TPSA) is 55.6 Å². The van der Waals surface area contributed by atoms with Gasteiger partial charge in [-0.05, 0) is 50.8 Å². The molecule has 0 unspecified atom stereocenters. The highest BCUT2D eigenvalue weighted by Crippen LogP contribution is 2.29. The van der Waals surface area contributed by atoms with Crippen LogP contribution in [0.3, 0.4) is 0 Å². The second-order valence-electron chi connectivity index (χ2n) is 6.59. The lowest BCUT2D eigenvalue weighted by molar-refractivity contribution is -0.132. The van der Waals surface area contributed by atoms with Gasteiger partial charge in [0.25, 0.3) is 0 Å². The van der Waals surface area contributed by atoms with E-state index < -0.39 is 0 Å². The van der Waals surface area contributed by atoms with Crippen LogP contribution in [-0.4, -0.2) is 29.5 Å². The lowest BCUT2D eigenvalue weighted by Crippen LogP contribution is -2.37. The van der Waals surface area contributed by atoms with Crippen LogP contribution in [0.25, 0.3) is 0 Å². The number of ether oxygens (including phenoxy) is 1. The number of benzene rings is 1. The monoisotopic (exact) mass is 290 g/mol. The Balaban J connectivity index is 1.96. The second kappa shape index (κ2) is 6.48. The Morgan fingerprint density at radius 3 is 2.43 bits per heavy atom. The number of nitrogens with two attached hydrogens (primary N) is 1. The summed E-state index contributed by atoms with van der Waals surface area (Å²) >= 11 is 0. The standard InChI is InChI=1S/C17H26N2O2/c1-17(2,18)11-10-16(20)19(14-6-7-14)12-13-4-8-15(21-3)9-5-13/h4-5,8-9,14H,6-7,10-12,18H2,1-3H3. The Morgan fingerprint density at radius 1 is 1.33 bits per heavy atom. The van der Waals surface area contributed by atoms with Crippen molar-refractivity contribution in [2.45, 2.75) is 57.7 Å². The molecular formula is C17H26N2O2. The molecule has 4 heteroatoms. The minimum absolute atomic E-state index is 0.215. The van der Waals surface area contributed by atoms with Gasteiger partial charge in [0, 0.05) is 24.5 Å². The fourth-order valence-corrected chi connectivity index (χ4v) is 2.31. The molecule has 0 bridgehead atoms. The number of methoxy groups -OCH3 is 1. The summed E-state index contributed by atoms with van der Waals surface area (Å²) in [6.45, 7) is 4.61. The highest BCUT2D eigenvalue weighted by Gasteiger charge is 2.32.